The van der Waals surface area contributed by atoms with E-state index in [1.807, 2.05) is 42.5 Å². The Balaban J connectivity index is 1.90. The molecule has 108 valence electrons. The number of nitrogens with zero attached hydrogens (tertiary/aromatic N) is 1. The number of halogens is 1. The van der Waals surface area contributed by atoms with Crippen LogP contribution in [0.25, 0.3) is 10.9 Å². The zero-order valence-electron chi connectivity index (χ0n) is 11.8. The lowest BCUT2D eigenvalue weighted by atomic mass is 10.1. The highest BCUT2D eigenvalue weighted by Gasteiger charge is 2.09. The lowest BCUT2D eigenvalue weighted by molar-refractivity contribution is 0.307. The van der Waals surface area contributed by atoms with Crippen LogP contribution >= 0.6 is 11.6 Å². The summed E-state index contributed by atoms with van der Waals surface area (Å²) in [7, 11) is 0. The number of fused-ring (bicyclic) bond motifs is 1. The highest BCUT2D eigenvalue weighted by Crippen LogP contribution is 2.25. The van der Waals surface area contributed by atoms with Gasteiger partial charge in [0, 0.05) is 34.4 Å². The van der Waals surface area contributed by atoms with Gasteiger partial charge in [0.05, 0.1) is 5.52 Å². The molecule has 2 aromatic carbocycles. The van der Waals surface area contributed by atoms with Crippen LogP contribution in [0.2, 0.25) is 5.02 Å². The first-order valence-electron chi connectivity index (χ1n) is 6.93. The molecule has 0 amide bonds. The molecule has 0 spiro atoms. The van der Waals surface area contributed by atoms with Crippen molar-refractivity contribution in [2.24, 2.45) is 0 Å². The van der Waals surface area contributed by atoms with E-state index in [1.54, 1.807) is 0 Å². The molecule has 21 heavy (non-hydrogen) atoms. The van der Waals surface area contributed by atoms with Gasteiger partial charge < -0.3 is 15.0 Å². The molecule has 4 heteroatoms. The predicted molar refractivity (Wildman–Crippen MR) is 87.8 cm³/mol. The first-order chi connectivity index (χ1) is 10.2. The van der Waals surface area contributed by atoms with Gasteiger partial charge in [-0.3, -0.25) is 0 Å². The third-order valence-electron chi connectivity index (χ3n) is 3.52. The third-order valence-corrected chi connectivity index (χ3v) is 3.76. The first-order valence-corrected chi connectivity index (χ1v) is 7.31. The summed E-state index contributed by atoms with van der Waals surface area (Å²) in [5.74, 6) is 0.773. The SMILES string of the molecule is CCn1cc(COc2cccc(Cl)c2)c2ccc(N)cc21. The van der Waals surface area contributed by atoms with Crippen LogP contribution < -0.4 is 10.5 Å². The van der Waals surface area contributed by atoms with E-state index in [1.165, 1.54) is 5.39 Å². The average molecular weight is 301 g/mol. The molecule has 0 aliphatic rings. The van der Waals surface area contributed by atoms with Crippen molar-refractivity contribution in [2.75, 3.05) is 5.73 Å². The number of nitrogen functional groups attached to an aromatic ring is 1. The van der Waals surface area contributed by atoms with Crippen LogP contribution in [0.1, 0.15) is 12.5 Å². The van der Waals surface area contributed by atoms with Gasteiger partial charge >= 0.3 is 0 Å². The smallest absolute Gasteiger partial charge is 0.121 e. The van der Waals surface area contributed by atoms with Crippen LogP contribution in [-0.4, -0.2) is 4.57 Å². The van der Waals surface area contributed by atoms with Gasteiger partial charge in [-0.25, -0.2) is 0 Å². The summed E-state index contributed by atoms with van der Waals surface area (Å²) < 4.78 is 8.02. The number of hydrogen-bond acceptors (Lipinski definition) is 2. The van der Waals surface area contributed by atoms with Gasteiger partial charge in [0.1, 0.15) is 12.4 Å². The van der Waals surface area contributed by atoms with E-state index >= 15 is 0 Å². The third kappa shape index (κ3) is 2.83. The standard InChI is InChI=1S/C17H17ClN2O/c1-2-20-10-12(16-7-6-14(19)9-17(16)20)11-21-15-5-3-4-13(18)8-15/h3-10H,2,11,19H2,1H3. The van der Waals surface area contributed by atoms with E-state index < -0.39 is 0 Å². The minimum absolute atomic E-state index is 0.508. The quantitative estimate of drug-likeness (QED) is 0.722. The van der Waals surface area contributed by atoms with Crippen LogP contribution in [0.3, 0.4) is 0 Å². The summed E-state index contributed by atoms with van der Waals surface area (Å²) in [5.41, 5.74) is 8.94. The Labute approximate surface area is 128 Å². The summed E-state index contributed by atoms with van der Waals surface area (Å²) in [6, 6.07) is 13.4. The highest BCUT2D eigenvalue weighted by molar-refractivity contribution is 6.30. The molecule has 3 aromatic rings. The van der Waals surface area contributed by atoms with Gasteiger partial charge in [-0.15, -0.1) is 0 Å². The molecule has 0 bridgehead atoms. The van der Waals surface area contributed by atoms with Gasteiger partial charge in [0.25, 0.3) is 0 Å². The number of aromatic nitrogens is 1. The maximum absolute atomic E-state index is 5.97. The normalized spacial score (nSPS) is 11.0. The molecule has 0 saturated heterocycles. The Kier molecular flexibility index (Phi) is 3.76. The molecule has 0 radical (unpaired) electrons. The number of rotatable bonds is 4. The number of benzene rings is 2. The molecule has 0 unspecified atom stereocenters. The van der Waals surface area contributed by atoms with E-state index in [0.29, 0.717) is 11.6 Å². The molecule has 0 aliphatic heterocycles. The van der Waals surface area contributed by atoms with Crippen molar-refractivity contribution < 1.29 is 4.74 Å². The Bertz CT molecular complexity index is 780. The van der Waals surface area contributed by atoms with Crippen LogP contribution in [0.15, 0.2) is 48.7 Å². The summed E-state index contributed by atoms with van der Waals surface area (Å²) in [4.78, 5) is 0. The summed E-state index contributed by atoms with van der Waals surface area (Å²) >= 11 is 5.97. The number of nitrogens with two attached hydrogens (primary N) is 1. The average Bonchev–Trinajstić information content (AvgIpc) is 2.82. The van der Waals surface area contributed by atoms with Crippen LogP contribution in [0.4, 0.5) is 5.69 Å². The molecule has 1 aromatic heterocycles. The van der Waals surface area contributed by atoms with Gasteiger partial charge in [-0.2, -0.15) is 0 Å². The molecule has 2 N–H and O–H groups in total. The molecular formula is C17H17ClN2O. The Morgan fingerprint density at radius 1 is 1.19 bits per heavy atom. The van der Waals surface area contributed by atoms with E-state index in [-0.39, 0.29) is 0 Å². The second-order valence-electron chi connectivity index (χ2n) is 4.96. The Hall–Kier alpha value is -2.13. The van der Waals surface area contributed by atoms with E-state index in [2.05, 4.69) is 17.7 Å². The molecule has 0 fully saturated rings. The molecule has 0 saturated carbocycles. The van der Waals surface area contributed by atoms with Crippen molar-refractivity contribution in [3.05, 3.63) is 59.2 Å². The van der Waals surface area contributed by atoms with Crippen LogP contribution in [-0.2, 0) is 13.2 Å². The van der Waals surface area contributed by atoms with Crippen molar-refractivity contribution in [3.8, 4) is 5.75 Å². The Morgan fingerprint density at radius 2 is 2.05 bits per heavy atom. The van der Waals surface area contributed by atoms with E-state index in [9.17, 15) is 0 Å². The minimum atomic E-state index is 0.508. The van der Waals surface area contributed by atoms with Crippen molar-refractivity contribution in [1.82, 2.24) is 4.57 Å². The van der Waals surface area contributed by atoms with Gasteiger partial charge in [0.2, 0.25) is 0 Å². The summed E-state index contributed by atoms with van der Waals surface area (Å²) in [5, 5.41) is 1.85. The first kappa shape index (κ1) is 13.8. The Morgan fingerprint density at radius 3 is 2.81 bits per heavy atom. The summed E-state index contributed by atoms with van der Waals surface area (Å²) in [6.45, 7) is 3.52. The zero-order valence-corrected chi connectivity index (χ0v) is 12.6. The molecule has 3 nitrogen and oxygen atoms in total. The topological polar surface area (TPSA) is 40.2 Å². The monoisotopic (exact) mass is 300 g/mol. The van der Waals surface area contributed by atoms with Gasteiger partial charge in [-0.05, 0) is 37.3 Å². The van der Waals surface area contributed by atoms with Crippen LogP contribution in [0, 0.1) is 0 Å². The second-order valence-corrected chi connectivity index (χ2v) is 5.40. The minimum Gasteiger partial charge on any atom is -0.489 e. The van der Waals surface area contributed by atoms with Gasteiger partial charge in [0.15, 0.2) is 0 Å². The van der Waals surface area contributed by atoms with Crippen molar-refractivity contribution in [2.45, 2.75) is 20.1 Å². The van der Waals surface area contributed by atoms with Crippen molar-refractivity contribution in [1.29, 1.82) is 0 Å². The maximum Gasteiger partial charge on any atom is 0.121 e. The van der Waals surface area contributed by atoms with Crippen molar-refractivity contribution in [3.63, 3.8) is 0 Å². The molecule has 3 rings (SSSR count). The zero-order chi connectivity index (χ0) is 14.8. The lowest BCUT2D eigenvalue weighted by Crippen LogP contribution is -1.95. The van der Waals surface area contributed by atoms with Crippen molar-refractivity contribution >= 4 is 28.2 Å². The number of ether oxygens (including phenoxy) is 1. The fourth-order valence-corrected chi connectivity index (χ4v) is 2.66. The largest absolute Gasteiger partial charge is 0.489 e. The highest BCUT2D eigenvalue weighted by atomic mass is 35.5. The second kappa shape index (κ2) is 5.70. The predicted octanol–water partition coefficient (Wildman–Crippen LogP) is 4.48. The van der Waals surface area contributed by atoms with E-state index in [4.69, 9.17) is 22.1 Å². The molecule has 0 atom stereocenters. The number of anilines is 1. The molecule has 0 aliphatic carbocycles. The maximum atomic E-state index is 5.97. The number of hydrogen-bond donors (Lipinski definition) is 1. The molecule has 1 heterocycles. The molecular weight excluding hydrogens is 284 g/mol. The van der Waals surface area contributed by atoms with E-state index in [0.717, 1.165) is 29.1 Å². The fourth-order valence-electron chi connectivity index (χ4n) is 2.48. The van der Waals surface area contributed by atoms with Crippen LogP contribution in [0.5, 0.6) is 5.75 Å². The lowest BCUT2D eigenvalue weighted by Gasteiger charge is -2.05. The fraction of sp³-hybridized carbons (Fsp3) is 0.176. The summed E-state index contributed by atoms with van der Waals surface area (Å²) in [6.07, 6.45) is 2.12. The van der Waals surface area contributed by atoms with Gasteiger partial charge in [-0.1, -0.05) is 23.7 Å². The number of aryl methyl sites for hydroxylation is 1.